The van der Waals surface area contributed by atoms with Gasteiger partial charge in [0.1, 0.15) is 5.75 Å². The smallest absolute Gasteiger partial charge is 0.261 e. The molecule has 156 valence electrons. The van der Waals surface area contributed by atoms with Crippen molar-refractivity contribution in [3.63, 3.8) is 0 Å². The van der Waals surface area contributed by atoms with Crippen molar-refractivity contribution in [2.24, 2.45) is 0 Å². The fourth-order valence-corrected chi connectivity index (χ4v) is 4.75. The summed E-state index contributed by atoms with van der Waals surface area (Å²) in [5, 5.41) is 2.77. The van der Waals surface area contributed by atoms with E-state index < -0.39 is 10.0 Å². The van der Waals surface area contributed by atoms with Gasteiger partial charge in [-0.3, -0.25) is 9.52 Å². The number of sulfonamides is 1. The van der Waals surface area contributed by atoms with E-state index in [0.29, 0.717) is 22.7 Å². The van der Waals surface area contributed by atoms with Gasteiger partial charge in [-0.1, -0.05) is 6.07 Å². The van der Waals surface area contributed by atoms with Gasteiger partial charge in [0.05, 0.1) is 15.6 Å². The number of benzene rings is 3. The maximum atomic E-state index is 12.7. The van der Waals surface area contributed by atoms with Gasteiger partial charge in [-0.15, -0.1) is 0 Å². The lowest BCUT2D eigenvalue weighted by Crippen LogP contribution is -2.14. The Morgan fingerprint density at radius 3 is 2.10 bits per heavy atom. The summed E-state index contributed by atoms with van der Waals surface area (Å²) in [6, 6.07) is 16.7. The molecular formula is C22H21IN2O4S. The first-order valence-electron chi connectivity index (χ1n) is 9.04. The molecule has 0 saturated carbocycles. The van der Waals surface area contributed by atoms with Crippen LogP contribution in [0.5, 0.6) is 5.75 Å². The summed E-state index contributed by atoms with van der Waals surface area (Å²) in [7, 11) is -2.16. The number of nitrogens with one attached hydrogen (secondary N) is 2. The lowest BCUT2D eigenvalue weighted by atomic mass is 10.1. The van der Waals surface area contributed by atoms with Crippen molar-refractivity contribution in [2.75, 3.05) is 17.1 Å². The SMILES string of the molecule is COc1ccc(C(=O)Nc2ccc(S(=O)(=O)Nc3cc(C)cc(C)c3)cc2)cc1I. The van der Waals surface area contributed by atoms with Crippen LogP contribution in [-0.2, 0) is 10.0 Å². The number of carbonyl (C=O) groups excluding carboxylic acids is 1. The number of carbonyl (C=O) groups is 1. The molecule has 0 fully saturated rings. The highest BCUT2D eigenvalue weighted by Gasteiger charge is 2.15. The van der Waals surface area contributed by atoms with Crippen molar-refractivity contribution in [1.29, 1.82) is 0 Å². The normalized spacial score (nSPS) is 11.1. The molecule has 0 unspecified atom stereocenters. The second-order valence-corrected chi connectivity index (χ2v) is 9.65. The highest BCUT2D eigenvalue weighted by molar-refractivity contribution is 14.1. The molecule has 2 N–H and O–H groups in total. The number of amides is 1. The van der Waals surface area contributed by atoms with Crippen molar-refractivity contribution in [3.8, 4) is 5.75 Å². The van der Waals surface area contributed by atoms with Crippen LogP contribution in [0.2, 0.25) is 0 Å². The molecule has 0 heterocycles. The summed E-state index contributed by atoms with van der Waals surface area (Å²) < 4.78 is 33.9. The van der Waals surface area contributed by atoms with E-state index in [1.807, 2.05) is 19.9 Å². The molecule has 0 aliphatic carbocycles. The van der Waals surface area contributed by atoms with E-state index in [-0.39, 0.29) is 10.8 Å². The Labute approximate surface area is 189 Å². The highest BCUT2D eigenvalue weighted by atomic mass is 127. The number of halogens is 1. The van der Waals surface area contributed by atoms with Crippen molar-refractivity contribution in [3.05, 3.63) is 80.9 Å². The third kappa shape index (κ3) is 5.31. The number of aryl methyl sites for hydroxylation is 2. The van der Waals surface area contributed by atoms with E-state index in [4.69, 9.17) is 4.74 Å². The minimum absolute atomic E-state index is 0.110. The largest absolute Gasteiger partial charge is 0.496 e. The van der Waals surface area contributed by atoms with Crippen molar-refractivity contribution >= 4 is 49.9 Å². The van der Waals surface area contributed by atoms with Gasteiger partial charge >= 0.3 is 0 Å². The Morgan fingerprint density at radius 2 is 1.53 bits per heavy atom. The number of hydrogen-bond donors (Lipinski definition) is 2. The maximum absolute atomic E-state index is 12.7. The molecule has 3 rings (SSSR count). The Hall–Kier alpha value is -2.59. The van der Waals surface area contributed by atoms with Gasteiger partial charge in [0, 0.05) is 16.9 Å². The Balaban J connectivity index is 1.73. The molecule has 0 aromatic heterocycles. The van der Waals surface area contributed by atoms with Crippen LogP contribution in [0.15, 0.2) is 65.6 Å². The Bertz CT molecular complexity index is 1170. The monoisotopic (exact) mass is 536 g/mol. The lowest BCUT2D eigenvalue weighted by Gasteiger charge is -2.11. The van der Waals surface area contributed by atoms with Gasteiger partial charge in [-0.2, -0.15) is 0 Å². The van der Waals surface area contributed by atoms with Crippen LogP contribution in [0, 0.1) is 17.4 Å². The van der Waals surface area contributed by atoms with Crippen LogP contribution in [0.25, 0.3) is 0 Å². The molecular weight excluding hydrogens is 515 g/mol. The molecule has 0 radical (unpaired) electrons. The molecule has 0 saturated heterocycles. The minimum atomic E-state index is -3.74. The van der Waals surface area contributed by atoms with Crippen LogP contribution in [-0.4, -0.2) is 21.4 Å². The van der Waals surface area contributed by atoms with E-state index in [1.54, 1.807) is 49.6 Å². The molecule has 8 heteroatoms. The number of hydrogen-bond acceptors (Lipinski definition) is 4. The predicted octanol–water partition coefficient (Wildman–Crippen LogP) is 4.97. The zero-order chi connectivity index (χ0) is 21.9. The average molecular weight is 536 g/mol. The molecule has 1 amide bonds. The molecule has 0 spiro atoms. The van der Waals surface area contributed by atoms with Crippen LogP contribution in [0.1, 0.15) is 21.5 Å². The summed E-state index contributed by atoms with van der Waals surface area (Å²) in [6.07, 6.45) is 0. The molecule has 6 nitrogen and oxygen atoms in total. The number of ether oxygens (including phenoxy) is 1. The van der Waals surface area contributed by atoms with Crippen molar-refractivity contribution in [1.82, 2.24) is 0 Å². The first-order valence-corrected chi connectivity index (χ1v) is 11.6. The second kappa shape index (κ2) is 9.05. The minimum Gasteiger partial charge on any atom is -0.496 e. The van der Waals surface area contributed by atoms with E-state index in [2.05, 4.69) is 32.6 Å². The molecule has 0 bridgehead atoms. The van der Waals surface area contributed by atoms with Crippen LogP contribution in [0.3, 0.4) is 0 Å². The Kier molecular flexibility index (Phi) is 6.67. The predicted molar refractivity (Wildman–Crippen MR) is 127 cm³/mol. The molecule has 0 aliphatic heterocycles. The molecule has 3 aromatic rings. The fraction of sp³-hybridized carbons (Fsp3) is 0.136. The first-order chi connectivity index (χ1) is 14.2. The van der Waals surface area contributed by atoms with Crippen LogP contribution < -0.4 is 14.8 Å². The van der Waals surface area contributed by atoms with Crippen LogP contribution in [0.4, 0.5) is 11.4 Å². The average Bonchev–Trinajstić information content (AvgIpc) is 2.67. The van der Waals surface area contributed by atoms with Gasteiger partial charge in [-0.25, -0.2) is 8.42 Å². The van der Waals surface area contributed by atoms with Crippen LogP contribution >= 0.6 is 22.6 Å². The van der Waals surface area contributed by atoms with Gasteiger partial charge in [0.15, 0.2) is 0 Å². The number of methoxy groups -OCH3 is 1. The van der Waals surface area contributed by atoms with E-state index in [9.17, 15) is 13.2 Å². The van der Waals surface area contributed by atoms with Crippen molar-refractivity contribution in [2.45, 2.75) is 18.7 Å². The topological polar surface area (TPSA) is 84.5 Å². The summed E-state index contributed by atoms with van der Waals surface area (Å²) in [5.41, 5.74) is 3.43. The zero-order valence-corrected chi connectivity index (χ0v) is 19.7. The molecule has 3 aromatic carbocycles. The van der Waals surface area contributed by atoms with E-state index in [1.165, 1.54) is 12.1 Å². The van der Waals surface area contributed by atoms with Gasteiger partial charge in [0.25, 0.3) is 15.9 Å². The number of anilines is 2. The fourth-order valence-electron chi connectivity index (χ4n) is 2.98. The third-order valence-electron chi connectivity index (χ3n) is 4.31. The third-order valence-corrected chi connectivity index (χ3v) is 6.55. The summed E-state index contributed by atoms with van der Waals surface area (Å²) in [4.78, 5) is 12.6. The molecule has 30 heavy (non-hydrogen) atoms. The Morgan fingerprint density at radius 1 is 0.900 bits per heavy atom. The molecule has 0 aliphatic rings. The zero-order valence-electron chi connectivity index (χ0n) is 16.7. The summed E-state index contributed by atoms with van der Waals surface area (Å²) >= 11 is 2.10. The number of rotatable bonds is 6. The quantitative estimate of drug-likeness (QED) is 0.436. The first kappa shape index (κ1) is 22.1. The summed E-state index contributed by atoms with van der Waals surface area (Å²) in [5.74, 6) is 0.401. The molecule has 0 atom stereocenters. The van der Waals surface area contributed by atoms with Crippen molar-refractivity contribution < 1.29 is 17.9 Å². The van der Waals surface area contributed by atoms with Gasteiger partial charge in [0.2, 0.25) is 0 Å². The highest BCUT2D eigenvalue weighted by Crippen LogP contribution is 2.23. The van der Waals surface area contributed by atoms with Gasteiger partial charge in [-0.05, 0) is 102 Å². The van der Waals surface area contributed by atoms with E-state index in [0.717, 1.165) is 14.7 Å². The lowest BCUT2D eigenvalue weighted by molar-refractivity contribution is 0.102. The van der Waals surface area contributed by atoms with Gasteiger partial charge < -0.3 is 10.1 Å². The second-order valence-electron chi connectivity index (χ2n) is 6.81. The standard InChI is InChI=1S/C22H21IN2O4S/c1-14-10-15(2)12-18(11-14)25-30(27,28)19-7-5-17(6-8-19)24-22(26)16-4-9-21(29-3)20(23)13-16/h4-13,25H,1-3H3,(H,24,26). The maximum Gasteiger partial charge on any atom is 0.261 e. The van der Waals surface area contributed by atoms with E-state index >= 15 is 0 Å². The summed E-state index contributed by atoms with van der Waals surface area (Å²) in [6.45, 7) is 3.82.